The molecule has 8 rings (SSSR count). The summed E-state index contributed by atoms with van der Waals surface area (Å²) in [7, 11) is 0. The molecule has 2 atom stereocenters. The fourth-order valence-electron chi connectivity index (χ4n) is 8.06. The van der Waals surface area contributed by atoms with E-state index >= 15 is 0 Å². The topological polar surface area (TPSA) is 78.1 Å². The van der Waals surface area contributed by atoms with E-state index in [0.717, 1.165) is 87.4 Å². The Morgan fingerprint density at radius 3 is 0.901 bits per heavy atom. The van der Waals surface area contributed by atoms with Crippen molar-refractivity contribution >= 4 is 81.5 Å². The Kier molecular flexibility index (Phi) is 19.4. The largest absolute Gasteiger partial charge is 0.390 e. The quantitative estimate of drug-likeness (QED) is 0.0316. The number of hydrazone groups is 2. The molecule has 0 saturated heterocycles. The molecule has 360 valence electrons. The van der Waals surface area contributed by atoms with Crippen LogP contribution in [-0.4, -0.2) is 71.0 Å². The van der Waals surface area contributed by atoms with E-state index < -0.39 is 12.2 Å². The molecule has 0 fully saturated rings. The Hall–Kier alpha value is -7.08. The van der Waals surface area contributed by atoms with Crippen LogP contribution in [0.5, 0.6) is 0 Å². The molecule has 0 bridgehead atoms. The first-order valence-corrected chi connectivity index (χ1v) is 26.6. The summed E-state index contributed by atoms with van der Waals surface area (Å²) in [6, 6.07) is 78.4. The van der Waals surface area contributed by atoms with Crippen LogP contribution in [0.15, 0.2) is 241 Å². The molecule has 0 radical (unpaired) electrons. The van der Waals surface area contributed by atoms with Gasteiger partial charge in [0, 0.05) is 45.6 Å². The zero-order valence-electron chi connectivity index (χ0n) is 40.0. The van der Waals surface area contributed by atoms with Gasteiger partial charge in [-0.1, -0.05) is 140 Å². The summed E-state index contributed by atoms with van der Waals surface area (Å²) in [5, 5.41) is 35.8. The average Bonchev–Trinajstić information content (AvgIpc) is 3.43. The second kappa shape index (κ2) is 27.3. The first-order chi connectivity index (χ1) is 35.1. The minimum Gasteiger partial charge on any atom is -0.390 e. The summed E-state index contributed by atoms with van der Waals surface area (Å²) in [6.45, 7) is 0.785. The van der Waals surface area contributed by atoms with Gasteiger partial charge in [0.05, 0.1) is 49.1 Å². The minimum absolute atomic E-state index is 0.393. The number of hydrogen-bond donors (Lipinski definition) is 2. The Labute approximate surface area is 428 Å². The highest BCUT2D eigenvalue weighted by atomic mass is 32.2. The van der Waals surface area contributed by atoms with Gasteiger partial charge in [-0.15, -0.1) is 0 Å². The maximum atomic E-state index is 11.2. The van der Waals surface area contributed by atoms with Gasteiger partial charge in [-0.3, -0.25) is 10.0 Å². The zero-order valence-corrected chi connectivity index (χ0v) is 41.6. The highest BCUT2D eigenvalue weighted by Gasteiger charge is 2.16. The molecule has 8 aromatic carbocycles. The number of benzene rings is 8. The summed E-state index contributed by atoms with van der Waals surface area (Å²) < 4.78 is 0. The van der Waals surface area contributed by atoms with Crippen molar-refractivity contribution in [2.24, 2.45) is 10.2 Å². The SMILES string of the molecule is OC(CSCCCCCSCC(O)CN(/N=C/c1ccc(N(c2ccccc2)c2ccccc2)cc1)c1ccccc1)CN(/N=C/c1ccc(N(c2ccccc2)c2ccccc2)cc1)c1ccccc1. The van der Waals surface area contributed by atoms with Crippen LogP contribution >= 0.6 is 23.5 Å². The Balaban J connectivity index is 0.759. The molecular formula is C61H62N6O2S2. The van der Waals surface area contributed by atoms with Gasteiger partial charge in [-0.05, 0) is 133 Å². The third-order valence-corrected chi connectivity index (χ3v) is 14.0. The monoisotopic (exact) mass is 974 g/mol. The van der Waals surface area contributed by atoms with E-state index in [2.05, 4.69) is 155 Å². The molecule has 0 aliphatic heterocycles. The summed E-state index contributed by atoms with van der Waals surface area (Å²) in [6.07, 6.45) is 5.91. The fraction of sp³-hybridized carbons (Fsp3) is 0.180. The van der Waals surface area contributed by atoms with Gasteiger partial charge in [0.25, 0.3) is 0 Å². The number of hydrogen-bond acceptors (Lipinski definition) is 10. The van der Waals surface area contributed by atoms with Gasteiger partial charge < -0.3 is 20.0 Å². The van der Waals surface area contributed by atoms with Crippen molar-refractivity contribution in [3.63, 3.8) is 0 Å². The van der Waals surface area contributed by atoms with E-state index in [9.17, 15) is 10.2 Å². The molecule has 71 heavy (non-hydrogen) atoms. The van der Waals surface area contributed by atoms with Crippen LogP contribution in [0.3, 0.4) is 0 Å². The first kappa shape index (κ1) is 50.3. The number of unbranched alkanes of at least 4 members (excludes halogenated alkanes) is 2. The molecule has 0 aliphatic carbocycles. The first-order valence-electron chi connectivity index (χ1n) is 24.3. The molecule has 0 spiro atoms. The highest BCUT2D eigenvalue weighted by Crippen LogP contribution is 2.35. The normalized spacial score (nSPS) is 12.2. The molecule has 8 aromatic rings. The van der Waals surface area contributed by atoms with E-state index in [1.54, 1.807) is 23.5 Å². The lowest BCUT2D eigenvalue weighted by molar-refractivity contribution is 0.204. The van der Waals surface area contributed by atoms with Crippen LogP contribution < -0.4 is 19.8 Å². The van der Waals surface area contributed by atoms with Crippen LogP contribution in [-0.2, 0) is 0 Å². The van der Waals surface area contributed by atoms with Crippen molar-refractivity contribution < 1.29 is 10.2 Å². The van der Waals surface area contributed by atoms with E-state index in [1.807, 2.05) is 107 Å². The predicted molar refractivity (Wildman–Crippen MR) is 306 cm³/mol. The van der Waals surface area contributed by atoms with Crippen LogP contribution in [0.2, 0.25) is 0 Å². The second-order valence-corrected chi connectivity index (χ2v) is 19.3. The van der Waals surface area contributed by atoms with Gasteiger partial charge in [0.15, 0.2) is 0 Å². The maximum Gasteiger partial charge on any atom is 0.0826 e. The van der Waals surface area contributed by atoms with Gasteiger partial charge >= 0.3 is 0 Å². The van der Waals surface area contributed by atoms with E-state index in [1.165, 1.54) is 0 Å². The van der Waals surface area contributed by atoms with Crippen LogP contribution in [0.1, 0.15) is 30.4 Å². The van der Waals surface area contributed by atoms with Crippen molar-refractivity contribution in [3.05, 3.63) is 242 Å². The molecule has 0 heterocycles. The lowest BCUT2D eigenvalue weighted by Gasteiger charge is -2.25. The Morgan fingerprint density at radius 2 is 0.606 bits per heavy atom. The van der Waals surface area contributed by atoms with Gasteiger partial charge in [-0.25, -0.2) is 0 Å². The molecule has 0 aromatic heterocycles. The predicted octanol–water partition coefficient (Wildman–Crippen LogP) is 14.4. The third kappa shape index (κ3) is 15.5. The van der Waals surface area contributed by atoms with E-state index in [-0.39, 0.29) is 0 Å². The number of thioether (sulfide) groups is 2. The van der Waals surface area contributed by atoms with Gasteiger partial charge in [0.1, 0.15) is 0 Å². The number of aliphatic hydroxyl groups is 2. The molecule has 0 amide bonds. The summed E-state index contributed by atoms with van der Waals surface area (Å²) >= 11 is 3.58. The summed E-state index contributed by atoms with van der Waals surface area (Å²) in [4.78, 5) is 4.48. The smallest absolute Gasteiger partial charge is 0.0826 e. The highest BCUT2D eigenvalue weighted by molar-refractivity contribution is 7.99. The van der Waals surface area contributed by atoms with E-state index in [0.29, 0.717) is 24.6 Å². The molecule has 0 aliphatic rings. The summed E-state index contributed by atoms with van der Waals surface area (Å²) in [5.74, 6) is 3.24. The van der Waals surface area contributed by atoms with Crippen molar-refractivity contribution in [1.82, 2.24) is 0 Å². The van der Waals surface area contributed by atoms with Gasteiger partial charge in [-0.2, -0.15) is 33.7 Å². The third-order valence-electron chi connectivity index (χ3n) is 11.6. The van der Waals surface area contributed by atoms with Crippen LogP contribution in [0.4, 0.5) is 45.5 Å². The summed E-state index contributed by atoms with van der Waals surface area (Å²) in [5.41, 5.74) is 10.3. The second-order valence-electron chi connectivity index (χ2n) is 17.0. The number of nitrogens with zero attached hydrogens (tertiary/aromatic N) is 6. The van der Waals surface area contributed by atoms with Gasteiger partial charge in [0.2, 0.25) is 0 Å². The molecule has 2 N–H and O–H groups in total. The molecule has 2 unspecified atom stereocenters. The average molecular weight is 975 g/mol. The lowest BCUT2D eigenvalue weighted by atomic mass is 10.1. The Morgan fingerprint density at radius 1 is 0.338 bits per heavy atom. The lowest BCUT2D eigenvalue weighted by Crippen LogP contribution is -2.30. The maximum absolute atomic E-state index is 11.2. The number of para-hydroxylation sites is 6. The minimum atomic E-state index is -0.543. The number of anilines is 8. The molecule has 8 nitrogen and oxygen atoms in total. The zero-order chi connectivity index (χ0) is 48.7. The van der Waals surface area contributed by atoms with E-state index in [4.69, 9.17) is 10.2 Å². The number of aliphatic hydroxyl groups excluding tert-OH is 2. The van der Waals surface area contributed by atoms with Crippen molar-refractivity contribution in [3.8, 4) is 0 Å². The fourth-order valence-corrected chi connectivity index (χ4v) is 9.97. The molecule has 10 heteroatoms. The number of rotatable bonds is 26. The van der Waals surface area contributed by atoms with Crippen LogP contribution in [0.25, 0.3) is 0 Å². The van der Waals surface area contributed by atoms with Crippen molar-refractivity contribution in [2.75, 3.05) is 55.9 Å². The molecule has 0 saturated carbocycles. The van der Waals surface area contributed by atoms with Crippen molar-refractivity contribution in [1.29, 1.82) is 0 Å². The standard InChI is InChI=1S/C61H62N6O2S2/c68-60(46-64(52-22-8-1-9-23-52)62-44-50-34-38-58(39-35-50)66(54-26-12-3-13-27-54)55-28-14-4-15-29-55)48-70-42-20-7-21-43-71-49-61(69)47-65(53-24-10-2-11-25-53)63-45-51-36-40-59(41-37-51)67(56-30-16-5-17-31-56)57-32-18-6-19-33-57/h1-6,8-19,22-41,44-45,60-61,68-69H,7,20-21,42-43,46-49H2/b62-44+,63-45+. The van der Waals surface area contributed by atoms with Crippen LogP contribution in [0, 0.1) is 0 Å². The van der Waals surface area contributed by atoms with Crippen molar-refractivity contribution in [2.45, 2.75) is 31.5 Å². The Bertz CT molecular complexity index is 2500. The molecular weight excluding hydrogens is 913 g/mol.